The van der Waals surface area contributed by atoms with E-state index in [2.05, 4.69) is 13.2 Å². The van der Waals surface area contributed by atoms with Crippen LogP contribution in [0.15, 0.2) is 0 Å². The first-order valence-corrected chi connectivity index (χ1v) is 6.42. The fourth-order valence-electron chi connectivity index (χ4n) is 1.32. The molecule has 0 aliphatic heterocycles. The largest absolute Gasteiger partial charge is 0.342 e. The van der Waals surface area contributed by atoms with Gasteiger partial charge in [0.05, 0.1) is 0 Å². The molecule has 84 valence electrons. The van der Waals surface area contributed by atoms with Crippen LogP contribution in [-0.2, 0) is 4.79 Å². The summed E-state index contributed by atoms with van der Waals surface area (Å²) in [6.45, 7) is 3.97. The molecule has 0 rings (SSSR count). The molecule has 1 amide bonds. The lowest BCUT2D eigenvalue weighted by molar-refractivity contribution is -0.131. The molecule has 0 aliphatic carbocycles. The van der Waals surface area contributed by atoms with Gasteiger partial charge in [0, 0.05) is 31.3 Å². The van der Waals surface area contributed by atoms with E-state index in [4.69, 9.17) is 5.73 Å². The van der Waals surface area contributed by atoms with Crippen molar-refractivity contribution in [1.82, 2.24) is 4.90 Å². The molecule has 0 aliphatic rings. The lowest BCUT2D eigenvalue weighted by Gasteiger charge is -2.27. The Labute approximate surface area is 91.4 Å². The molecule has 0 saturated heterocycles. The van der Waals surface area contributed by atoms with Crippen LogP contribution in [0.1, 0.15) is 26.7 Å². The zero-order valence-electron chi connectivity index (χ0n) is 9.62. The molecule has 2 atom stereocenters. The molecule has 2 N–H and O–H groups in total. The normalized spacial score (nSPS) is 14.9. The van der Waals surface area contributed by atoms with Gasteiger partial charge in [-0.15, -0.1) is 0 Å². The van der Waals surface area contributed by atoms with Gasteiger partial charge >= 0.3 is 0 Å². The zero-order chi connectivity index (χ0) is 11.1. The standard InChI is InChI=1S/C10H22N2OS/c1-5-9(7-14-4)12(3)10(13)6-8(2)11/h8-9H,5-7,11H2,1-4H3. The summed E-state index contributed by atoms with van der Waals surface area (Å²) in [6.07, 6.45) is 3.51. The summed E-state index contributed by atoms with van der Waals surface area (Å²) in [5.41, 5.74) is 5.59. The number of hydrogen-bond acceptors (Lipinski definition) is 3. The summed E-state index contributed by atoms with van der Waals surface area (Å²) in [7, 11) is 1.87. The quantitative estimate of drug-likeness (QED) is 0.731. The number of hydrogen-bond donors (Lipinski definition) is 1. The SMILES string of the molecule is CCC(CSC)N(C)C(=O)CC(C)N. The van der Waals surface area contributed by atoms with Crippen LogP contribution in [0.4, 0.5) is 0 Å². The third-order valence-corrected chi connectivity index (χ3v) is 2.99. The van der Waals surface area contributed by atoms with E-state index in [0.29, 0.717) is 12.5 Å². The molecule has 0 saturated carbocycles. The number of nitrogens with zero attached hydrogens (tertiary/aromatic N) is 1. The third-order valence-electron chi connectivity index (χ3n) is 2.27. The topological polar surface area (TPSA) is 46.3 Å². The number of carbonyl (C=O) groups excluding carboxylic acids is 1. The van der Waals surface area contributed by atoms with Crippen molar-refractivity contribution in [3.63, 3.8) is 0 Å². The fourth-order valence-corrected chi connectivity index (χ4v) is 2.16. The molecule has 0 heterocycles. The van der Waals surface area contributed by atoms with E-state index < -0.39 is 0 Å². The summed E-state index contributed by atoms with van der Waals surface area (Å²) in [4.78, 5) is 13.5. The molecule has 4 heteroatoms. The Morgan fingerprint density at radius 3 is 2.50 bits per heavy atom. The number of amides is 1. The first kappa shape index (κ1) is 13.8. The van der Waals surface area contributed by atoms with Crippen LogP contribution in [0, 0.1) is 0 Å². The first-order chi connectivity index (χ1) is 6.52. The van der Waals surface area contributed by atoms with Crippen molar-refractivity contribution in [3.05, 3.63) is 0 Å². The number of rotatable bonds is 6. The van der Waals surface area contributed by atoms with Crippen molar-refractivity contribution in [1.29, 1.82) is 0 Å². The highest BCUT2D eigenvalue weighted by Crippen LogP contribution is 2.09. The maximum atomic E-state index is 11.7. The Morgan fingerprint density at radius 2 is 2.14 bits per heavy atom. The molecule has 0 aromatic rings. The van der Waals surface area contributed by atoms with Gasteiger partial charge in [-0.3, -0.25) is 4.79 Å². The van der Waals surface area contributed by atoms with Gasteiger partial charge in [0.15, 0.2) is 0 Å². The minimum absolute atomic E-state index is 0.0447. The Hall–Kier alpha value is -0.220. The van der Waals surface area contributed by atoms with Gasteiger partial charge in [-0.05, 0) is 19.6 Å². The van der Waals surface area contributed by atoms with Gasteiger partial charge in [-0.25, -0.2) is 0 Å². The second-order valence-electron chi connectivity index (χ2n) is 3.70. The van der Waals surface area contributed by atoms with Crippen molar-refractivity contribution in [2.24, 2.45) is 5.73 Å². The molecule has 0 spiro atoms. The monoisotopic (exact) mass is 218 g/mol. The molecular formula is C10H22N2OS. The predicted molar refractivity (Wildman–Crippen MR) is 63.5 cm³/mol. The molecule has 0 bridgehead atoms. The maximum Gasteiger partial charge on any atom is 0.224 e. The third kappa shape index (κ3) is 4.86. The second-order valence-corrected chi connectivity index (χ2v) is 4.61. The number of carbonyl (C=O) groups is 1. The molecule has 0 radical (unpaired) electrons. The second kappa shape index (κ2) is 7.12. The van der Waals surface area contributed by atoms with Gasteiger partial charge in [0.25, 0.3) is 0 Å². The van der Waals surface area contributed by atoms with Crippen molar-refractivity contribution < 1.29 is 4.79 Å². The maximum absolute atomic E-state index is 11.7. The predicted octanol–water partition coefficient (Wildman–Crippen LogP) is 1.32. The highest BCUT2D eigenvalue weighted by Gasteiger charge is 2.18. The van der Waals surface area contributed by atoms with Gasteiger partial charge in [-0.2, -0.15) is 11.8 Å². The Bertz CT molecular complexity index is 174. The van der Waals surface area contributed by atoms with Crippen molar-refractivity contribution >= 4 is 17.7 Å². The van der Waals surface area contributed by atoms with Crippen LogP contribution in [0.25, 0.3) is 0 Å². The molecule has 0 aromatic carbocycles. The number of nitrogens with two attached hydrogens (primary N) is 1. The summed E-state index contributed by atoms with van der Waals surface area (Å²) >= 11 is 1.77. The molecule has 2 unspecified atom stereocenters. The zero-order valence-corrected chi connectivity index (χ0v) is 10.4. The minimum atomic E-state index is -0.0447. The average molecular weight is 218 g/mol. The van der Waals surface area contributed by atoms with Crippen LogP contribution in [0.5, 0.6) is 0 Å². The van der Waals surface area contributed by atoms with E-state index in [0.717, 1.165) is 12.2 Å². The van der Waals surface area contributed by atoms with E-state index >= 15 is 0 Å². The minimum Gasteiger partial charge on any atom is -0.342 e. The lowest BCUT2D eigenvalue weighted by Crippen LogP contribution is -2.40. The van der Waals surface area contributed by atoms with Crippen LogP contribution in [0.2, 0.25) is 0 Å². The summed E-state index contributed by atoms with van der Waals surface area (Å²) in [6, 6.07) is 0.299. The Morgan fingerprint density at radius 1 is 1.57 bits per heavy atom. The summed E-state index contributed by atoms with van der Waals surface area (Å²) < 4.78 is 0. The summed E-state index contributed by atoms with van der Waals surface area (Å²) in [5, 5.41) is 0. The van der Waals surface area contributed by atoms with E-state index in [1.165, 1.54) is 0 Å². The van der Waals surface area contributed by atoms with Gasteiger partial charge in [-0.1, -0.05) is 6.92 Å². The van der Waals surface area contributed by atoms with Crippen LogP contribution < -0.4 is 5.73 Å². The van der Waals surface area contributed by atoms with Crippen molar-refractivity contribution in [2.75, 3.05) is 19.1 Å². The van der Waals surface area contributed by atoms with E-state index in [1.807, 2.05) is 18.9 Å². The van der Waals surface area contributed by atoms with Gasteiger partial charge in [0.1, 0.15) is 0 Å². The average Bonchev–Trinajstić information content (AvgIpc) is 2.12. The molecule has 3 nitrogen and oxygen atoms in total. The lowest BCUT2D eigenvalue weighted by atomic mass is 10.2. The van der Waals surface area contributed by atoms with Crippen LogP contribution in [-0.4, -0.2) is 41.9 Å². The summed E-state index contributed by atoms with van der Waals surface area (Å²) in [5.74, 6) is 1.15. The smallest absolute Gasteiger partial charge is 0.224 e. The first-order valence-electron chi connectivity index (χ1n) is 5.03. The molecule has 0 fully saturated rings. The Balaban J connectivity index is 4.12. The highest BCUT2D eigenvalue weighted by atomic mass is 32.2. The van der Waals surface area contributed by atoms with Crippen LogP contribution in [0.3, 0.4) is 0 Å². The van der Waals surface area contributed by atoms with Gasteiger partial charge < -0.3 is 10.6 Å². The van der Waals surface area contributed by atoms with Crippen molar-refractivity contribution in [2.45, 2.75) is 38.8 Å². The van der Waals surface area contributed by atoms with E-state index in [-0.39, 0.29) is 11.9 Å². The van der Waals surface area contributed by atoms with Crippen LogP contribution >= 0.6 is 11.8 Å². The van der Waals surface area contributed by atoms with Gasteiger partial charge in [0.2, 0.25) is 5.91 Å². The molecule has 14 heavy (non-hydrogen) atoms. The Kier molecular flexibility index (Phi) is 7.01. The highest BCUT2D eigenvalue weighted by molar-refractivity contribution is 7.98. The van der Waals surface area contributed by atoms with E-state index in [1.54, 1.807) is 11.8 Å². The number of thioether (sulfide) groups is 1. The fraction of sp³-hybridized carbons (Fsp3) is 0.900. The van der Waals surface area contributed by atoms with Crippen molar-refractivity contribution in [3.8, 4) is 0 Å². The van der Waals surface area contributed by atoms with E-state index in [9.17, 15) is 4.79 Å². The molecule has 0 aromatic heterocycles. The molecular weight excluding hydrogens is 196 g/mol.